The highest BCUT2D eigenvalue weighted by Crippen LogP contribution is 2.15. The quantitative estimate of drug-likeness (QED) is 0.821. The molecule has 1 aromatic carbocycles. The topological polar surface area (TPSA) is 59.0 Å². The highest BCUT2D eigenvalue weighted by atomic mass is 16.3. The molecule has 0 saturated carbocycles. The molecule has 1 aliphatic heterocycles. The van der Waals surface area contributed by atoms with Crippen molar-refractivity contribution >= 4 is 11.7 Å². The van der Waals surface area contributed by atoms with Gasteiger partial charge in [-0.2, -0.15) is 0 Å². The molecule has 1 fully saturated rings. The van der Waals surface area contributed by atoms with E-state index in [-0.39, 0.29) is 24.7 Å². The standard InChI is InChI=1S/C18H30N4O2/c1-15(19-18(24)20(3)16(2)14-23)13-21-9-11-22(12-10-21)17-7-5-4-6-8-17/h4-8,15-16,23H,9-14H2,1-3H3,(H,19,24). The zero-order valence-electron chi connectivity index (χ0n) is 15.0. The van der Waals surface area contributed by atoms with Crippen LogP contribution >= 0.6 is 0 Å². The van der Waals surface area contributed by atoms with Crippen LogP contribution in [0.5, 0.6) is 0 Å². The molecular weight excluding hydrogens is 304 g/mol. The van der Waals surface area contributed by atoms with Gasteiger partial charge in [0.15, 0.2) is 0 Å². The van der Waals surface area contributed by atoms with Crippen LogP contribution in [0, 0.1) is 0 Å². The number of piperazine rings is 1. The lowest BCUT2D eigenvalue weighted by atomic mass is 10.2. The Hall–Kier alpha value is -1.79. The maximum Gasteiger partial charge on any atom is 0.317 e. The number of carbonyl (C=O) groups excluding carboxylic acids is 1. The second-order valence-electron chi connectivity index (χ2n) is 6.62. The number of hydrogen-bond acceptors (Lipinski definition) is 4. The van der Waals surface area contributed by atoms with Gasteiger partial charge in [-0.3, -0.25) is 4.90 Å². The van der Waals surface area contributed by atoms with E-state index in [2.05, 4.69) is 39.4 Å². The van der Waals surface area contributed by atoms with Gasteiger partial charge in [-0.25, -0.2) is 4.79 Å². The van der Waals surface area contributed by atoms with E-state index < -0.39 is 0 Å². The fourth-order valence-electron chi connectivity index (χ4n) is 2.90. The molecule has 2 amide bonds. The number of likely N-dealkylation sites (N-methyl/N-ethyl adjacent to an activating group) is 1. The van der Waals surface area contributed by atoms with Gasteiger partial charge in [-0.05, 0) is 26.0 Å². The first-order valence-electron chi connectivity index (χ1n) is 8.67. The molecule has 0 spiro atoms. The molecule has 1 aliphatic rings. The number of aliphatic hydroxyl groups is 1. The van der Waals surface area contributed by atoms with Crippen molar-refractivity contribution in [1.82, 2.24) is 15.1 Å². The summed E-state index contributed by atoms with van der Waals surface area (Å²) in [6.45, 7) is 8.68. The highest BCUT2D eigenvalue weighted by molar-refractivity contribution is 5.74. The number of carbonyl (C=O) groups is 1. The van der Waals surface area contributed by atoms with E-state index in [1.807, 2.05) is 19.9 Å². The van der Waals surface area contributed by atoms with Crippen molar-refractivity contribution in [1.29, 1.82) is 0 Å². The van der Waals surface area contributed by atoms with Crippen LogP contribution < -0.4 is 10.2 Å². The number of hydrogen-bond donors (Lipinski definition) is 2. The first-order chi connectivity index (χ1) is 11.5. The van der Waals surface area contributed by atoms with E-state index in [9.17, 15) is 4.79 Å². The van der Waals surface area contributed by atoms with Crippen LogP contribution in [0.1, 0.15) is 13.8 Å². The van der Waals surface area contributed by atoms with Crippen molar-refractivity contribution in [3.63, 3.8) is 0 Å². The molecule has 0 radical (unpaired) electrons. The number of urea groups is 1. The van der Waals surface area contributed by atoms with Gasteiger partial charge >= 0.3 is 6.03 Å². The third-order valence-electron chi connectivity index (χ3n) is 4.64. The summed E-state index contributed by atoms with van der Waals surface area (Å²) in [6.07, 6.45) is 0. The molecule has 2 rings (SSSR count). The minimum absolute atomic E-state index is 0.0280. The summed E-state index contributed by atoms with van der Waals surface area (Å²) in [6, 6.07) is 10.3. The summed E-state index contributed by atoms with van der Waals surface area (Å²) in [5, 5.41) is 12.1. The third-order valence-corrected chi connectivity index (χ3v) is 4.64. The Morgan fingerprint density at radius 2 is 1.83 bits per heavy atom. The Kier molecular flexibility index (Phi) is 6.87. The zero-order valence-corrected chi connectivity index (χ0v) is 15.0. The van der Waals surface area contributed by atoms with Crippen molar-refractivity contribution in [2.24, 2.45) is 0 Å². The number of anilines is 1. The summed E-state index contributed by atoms with van der Waals surface area (Å²) in [5.41, 5.74) is 1.28. The number of aliphatic hydroxyl groups excluding tert-OH is 1. The molecule has 2 atom stereocenters. The molecular formula is C18H30N4O2. The zero-order chi connectivity index (χ0) is 17.5. The van der Waals surface area contributed by atoms with E-state index in [0.717, 1.165) is 32.7 Å². The maximum absolute atomic E-state index is 12.1. The van der Waals surface area contributed by atoms with Crippen LogP contribution in [-0.4, -0.2) is 79.4 Å². The molecule has 134 valence electrons. The largest absolute Gasteiger partial charge is 0.394 e. The number of para-hydroxylation sites is 1. The van der Waals surface area contributed by atoms with E-state index >= 15 is 0 Å². The number of benzene rings is 1. The molecule has 0 aliphatic carbocycles. The van der Waals surface area contributed by atoms with Crippen molar-refractivity contribution in [2.45, 2.75) is 25.9 Å². The lowest BCUT2D eigenvalue weighted by Gasteiger charge is -2.37. The lowest BCUT2D eigenvalue weighted by Crippen LogP contribution is -2.53. The monoisotopic (exact) mass is 334 g/mol. The summed E-state index contributed by atoms with van der Waals surface area (Å²) in [7, 11) is 1.71. The minimum Gasteiger partial charge on any atom is -0.394 e. The average molecular weight is 334 g/mol. The van der Waals surface area contributed by atoms with E-state index in [1.54, 1.807) is 11.9 Å². The van der Waals surface area contributed by atoms with Crippen LogP contribution in [0.4, 0.5) is 10.5 Å². The normalized spacial score (nSPS) is 18.1. The second kappa shape index (κ2) is 8.89. The van der Waals surface area contributed by atoms with E-state index in [1.165, 1.54) is 5.69 Å². The SMILES string of the molecule is CC(CN1CCN(c2ccccc2)CC1)NC(=O)N(C)C(C)CO. The average Bonchev–Trinajstić information content (AvgIpc) is 2.61. The van der Waals surface area contributed by atoms with Gasteiger partial charge in [0.2, 0.25) is 0 Å². The molecule has 24 heavy (non-hydrogen) atoms. The van der Waals surface area contributed by atoms with Gasteiger partial charge in [-0.15, -0.1) is 0 Å². The lowest BCUT2D eigenvalue weighted by molar-refractivity contribution is 0.151. The van der Waals surface area contributed by atoms with Gasteiger partial charge in [0.25, 0.3) is 0 Å². The summed E-state index contributed by atoms with van der Waals surface area (Å²) in [4.78, 5) is 18.4. The number of nitrogens with one attached hydrogen (secondary N) is 1. The van der Waals surface area contributed by atoms with Crippen molar-refractivity contribution in [3.8, 4) is 0 Å². The molecule has 1 heterocycles. The smallest absolute Gasteiger partial charge is 0.317 e. The summed E-state index contributed by atoms with van der Waals surface area (Å²) >= 11 is 0. The Morgan fingerprint density at radius 1 is 1.21 bits per heavy atom. The summed E-state index contributed by atoms with van der Waals surface area (Å²) < 4.78 is 0. The first-order valence-corrected chi connectivity index (χ1v) is 8.67. The van der Waals surface area contributed by atoms with E-state index in [4.69, 9.17) is 5.11 Å². The molecule has 1 aromatic rings. The van der Waals surface area contributed by atoms with Gasteiger partial charge < -0.3 is 20.2 Å². The molecule has 6 heteroatoms. The number of amides is 2. The third kappa shape index (κ3) is 5.11. The number of rotatable bonds is 6. The van der Waals surface area contributed by atoms with Crippen LogP contribution in [0.3, 0.4) is 0 Å². The molecule has 6 nitrogen and oxygen atoms in total. The molecule has 2 unspecified atom stereocenters. The van der Waals surface area contributed by atoms with Crippen LogP contribution in [-0.2, 0) is 0 Å². The van der Waals surface area contributed by atoms with Gasteiger partial charge in [0.1, 0.15) is 0 Å². The fraction of sp³-hybridized carbons (Fsp3) is 0.611. The van der Waals surface area contributed by atoms with Crippen LogP contribution in [0.2, 0.25) is 0 Å². The van der Waals surface area contributed by atoms with Gasteiger partial charge in [0.05, 0.1) is 12.6 Å². The van der Waals surface area contributed by atoms with E-state index in [0.29, 0.717) is 0 Å². The molecule has 2 N–H and O–H groups in total. The van der Waals surface area contributed by atoms with Crippen molar-refractivity contribution in [2.75, 3.05) is 51.3 Å². The molecule has 0 bridgehead atoms. The predicted molar refractivity (Wildman–Crippen MR) is 97.4 cm³/mol. The molecule has 1 saturated heterocycles. The minimum atomic E-state index is -0.174. The van der Waals surface area contributed by atoms with Gasteiger partial charge in [0, 0.05) is 51.5 Å². The molecule has 0 aromatic heterocycles. The number of nitrogens with zero attached hydrogens (tertiary/aromatic N) is 3. The highest BCUT2D eigenvalue weighted by Gasteiger charge is 2.21. The second-order valence-corrected chi connectivity index (χ2v) is 6.62. The fourth-order valence-corrected chi connectivity index (χ4v) is 2.90. The Labute approximate surface area is 145 Å². The van der Waals surface area contributed by atoms with Crippen LogP contribution in [0.15, 0.2) is 30.3 Å². The Bertz CT molecular complexity index is 503. The first kappa shape index (κ1) is 18.5. The predicted octanol–water partition coefficient (Wildman–Crippen LogP) is 1.22. The Balaban J connectivity index is 1.74. The maximum atomic E-state index is 12.1. The summed E-state index contributed by atoms with van der Waals surface area (Å²) in [5.74, 6) is 0. The van der Waals surface area contributed by atoms with Crippen molar-refractivity contribution in [3.05, 3.63) is 30.3 Å². The Morgan fingerprint density at radius 3 is 2.42 bits per heavy atom. The van der Waals surface area contributed by atoms with Crippen molar-refractivity contribution < 1.29 is 9.90 Å². The van der Waals surface area contributed by atoms with Crippen LogP contribution in [0.25, 0.3) is 0 Å². The van der Waals surface area contributed by atoms with Gasteiger partial charge in [-0.1, -0.05) is 18.2 Å².